The first-order valence-electron chi connectivity index (χ1n) is 8.42. The molecule has 0 saturated carbocycles. The summed E-state index contributed by atoms with van der Waals surface area (Å²) in [6.07, 6.45) is 1.94. The Hall–Kier alpha value is -1.55. The normalized spacial score (nSPS) is 12.5. The van der Waals surface area contributed by atoms with Crippen molar-refractivity contribution in [3.63, 3.8) is 0 Å². The second kappa shape index (κ2) is 10.3. The molecule has 1 rings (SSSR count). The maximum absolute atomic E-state index is 11.4. The van der Waals surface area contributed by atoms with Gasteiger partial charge in [0.15, 0.2) is 6.29 Å². The summed E-state index contributed by atoms with van der Waals surface area (Å²) in [6.45, 7) is 11.0. The average Bonchev–Trinajstić information content (AvgIpc) is 2.50. The molecule has 4 nitrogen and oxygen atoms in total. The monoisotopic (exact) mass is 322 g/mol. The van der Waals surface area contributed by atoms with Gasteiger partial charge in [0.2, 0.25) is 0 Å². The maximum Gasteiger partial charge on any atom is 0.308 e. The van der Waals surface area contributed by atoms with E-state index in [1.54, 1.807) is 0 Å². The van der Waals surface area contributed by atoms with Gasteiger partial charge in [-0.05, 0) is 43.4 Å². The van der Waals surface area contributed by atoms with Crippen LogP contribution in [0.4, 0.5) is 0 Å². The molecule has 0 amide bonds. The van der Waals surface area contributed by atoms with Crippen LogP contribution in [0.3, 0.4) is 0 Å². The van der Waals surface area contributed by atoms with Gasteiger partial charge in [-0.1, -0.05) is 39.8 Å². The van der Waals surface area contributed by atoms with Crippen LogP contribution < -0.4 is 4.74 Å². The fourth-order valence-corrected chi connectivity index (χ4v) is 1.95. The van der Waals surface area contributed by atoms with Crippen LogP contribution in [0.15, 0.2) is 24.3 Å². The summed E-state index contributed by atoms with van der Waals surface area (Å²) >= 11 is 0. The van der Waals surface area contributed by atoms with Gasteiger partial charge in [0.25, 0.3) is 0 Å². The van der Waals surface area contributed by atoms with Crippen molar-refractivity contribution in [2.75, 3.05) is 6.61 Å². The van der Waals surface area contributed by atoms with Gasteiger partial charge in [-0.25, -0.2) is 0 Å². The van der Waals surface area contributed by atoms with Crippen molar-refractivity contribution in [2.45, 2.75) is 60.4 Å². The Bertz CT molecular complexity index is 451. The van der Waals surface area contributed by atoms with Crippen LogP contribution in [0.2, 0.25) is 0 Å². The van der Waals surface area contributed by atoms with Crippen molar-refractivity contribution in [1.29, 1.82) is 0 Å². The molecular formula is C19H30O4. The Morgan fingerprint density at radius 3 is 2.26 bits per heavy atom. The van der Waals surface area contributed by atoms with Crippen LogP contribution in [0.5, 0.6) is 5.75 Å². The van der Waals surface area contributed by atoms with E-state index in [0.29, 0.717) is 19.1 Å². The molecule has 130 valence electrons. The second-order valence-electron chi connectivity index (χ2n) is 6.50. The SMILES string of the molecule is CC(C)CCCOC(C)Oc1ccc(COC(=O)C(C)C)cc1. The third kappa shape index (κ3) is 8.60. The second-order valence-corrected chi connectivity index (χ2v) is 6.50. The Labute approximate surface area is 140 Å². The summed E-state index contributed by atoms with van der Waals surface area (Å²) in [7, 11) is 0. The first-order chi connectivity index (χ1) is 10.9. The zero-order valence-electron chi connectivity index (χ0n) is 15.0. The van der Waals surface area contributed by atoms with Crippen molar-refractivity contribution in [2.24, 2.45) is 11.8 Å². The van der Waals surface area contributed by atoms with Gasteiger partial charge in [0.05, 0.1) is 12.5 Å². The third-order valence-corrected chi connectivity index (χ3v) is 3.36. The lowest BCUT2D eigenvalue weighted by molar-refractivity contribution is -0.148. The highest BCUT2D eigenvalue weighted by molar-refractivity contribution is 5.71. The van der Waals surface area contributed by atoms with Crippen molar-refractivity contribution in [3.05, 3.63) is 29.8 Å². The van der Waals surface area contributed by atoms with E-state index in [1.165, 1.54) is 0 Å². The van der Waals surface area contributed by atoms with Crippen LogP contribution in [0.1, 0.15) is 53.0 Å². The van der Waals surface area contributed by atoms with E-state index in [9.17, 15) is 4.79 Å². The molecule has 0 aliphatic heterocycles. The highest BCUT2D eigenvalue weighted by Gasteiger charge is 2.09. The van der Waals surface area contributed by atoms with E-state index < -0.39 is 0 Å². The minimum atomic E-state index is -0.271. The highest BCUT2D eigenvalue weighted by Crippen LogP contribution is 2.15. The first-order valence-corrected chi connectivity index (χ1v) is 8.42. The molecule has 0 aliphatic carbocycles. The molecule has 1 aromatic carbocycles. The molecule has 0 radical (unpaired) electrons. The minimum Gasteiger partial charge on any atom is -0.465 e. The van der Waals surface area contributed by atoms with E-state index >= 15 is 0 Å². The lowest BCUT2D eigenvalue weighted by Crippen LogP contribution is -2.17. The quantitative estimate of drug-likeness (QED) is 0.360. The molecule has 0 aromatic heterocycles. The summed E-state index contributed by atoms with van der Waals surface area (Å²) in [4.78, 5) is 11.4. The predicted octanol–water partition coefficient (Wildman–Crippen LogP) is 4.56. The average molecular weight is 322 g/mol. The van der Waals surface area contributed by atoms with Crippen LogP contribution >= 0.6 is 0 Å². The minimum absolute atomic E-state index is 0.105. The van der Waals surface area contributed by atoms with Gasteiger partial charge in [-0.15, -0.1) is 0 Å². The number of hydrogen-bond acceptors (Lipinski definition) is 4. The lowest BCUT2D eigenvalue weighted by atomic mass is 10.1. The summed E-state index contributed by atoms with van der Waals surface area (Å²) in [5, 5.41) is 0. The molecule has 1 atom stereocenters. The molecular weight excluding hydrogens is 292 g/mol. The number of carbonyl (C=O) groups excluding carboxylic acids is 1. The molecule has 0 N–H and O–H groups in total. The third-order valence-electron chi connectivity index (χ3n) is 3.36. The molecule has 23 heavy (non-hydrogen) atoms. The van der Waals surface area contributed by atoms with Gasteiger partial charge in [-0.3, -0.25) is 4.79 Å². The molecule has 0 heterocycles. The van der Waals surface area contributed by atoms with Crippen molar-refractivity contribution in [1.82, 2.24) is 0 Å². The van der Waals surface area contributed by atoms with Crippen LogP contribution in [-0.2, 0) is 20.9 Å². The van der Waals surface area contributed by atoms with Crippen LogP contribution in [-0.4, -0.2) is 18.9 Å². The number of hydrogen-bond donors (Lipinski definition) is 0. The van der Waals surface area contributed by atoms with E-state index in [1.807, 2.05) is 45.0 Å². The van der Waals surface area contributed by atoms with Crippen molar-refractivity contribution < 1.29 is 19.0 Å². The molecule has 1 unspecified atom stereocenters. The largest absolute Gasteiger partial charge is 0.465 e. The fraction of sp³-hybridized carbons (Fsp3) is 0.632. The topological polar surface area (TPSA) is 44.8 Å². The molecule has 0 fully saturated rings. The standard InChI is InChI=1S/C19H30O4/c1-14(2)7-6-12-21-16(5)23-18-10-8-17(9-11-18)13-22-19(20)15(3)4/h8-11,14-16H,6-7,12-13H2,1-5H3. The summed E-state index contributed by atoms with van der Waals surface area (Å²) < 4.78 is 16.5. The summed E-state index contributed by atoms with van der Waals surface area (Å²) in [6, 6.07) is 7.53. The number of carbonyl (C=O) groups is 1. The number of benzene rings is 1. The lowest BCUT2D eigenvalue weighted by Gasteiger charge is -2.16. The Morgan fingerprint density at radius 1 is 1.04 bits per heavy atom. The highest BCUT2D eigenvalue weighted by atomic mass is 16.7. The van der Waals surface area contributed by atoms with Crippen LogP contribution in [0.25, 0.3) is 0 Å². The maximum atomic E-state index is 11.4. The Morgan fingerprint density at radius 2 is 1.70 bits per heavy atom. The van der Waals surface area contributed by atoms with Gasteiger partial charge >= 0.3 is 5.97 Å². The molecule has 4 heteroatoms. The molecule has 0 spiro atoms. The van der Waals surface area contributed by atoms with E-state index in [0.717, 1.165) is 24.2 Å². The number of ether oxygens (including phenoxy) is 3. The molecule has 0 aliphatic rings. The summed E-state index contributed by atoms with van der Waals surface area (Å²) in [5.74, 6) is 1.16. The Kier molecular flexibility index (Phi) is 8.70. The van der Waals surface area contributed by atoms with E-state index in [-0.39, 0.29) is 18.2 Å². The van der Waals surface area contributed by atoms with Crippen molar-refractivity contribution in [3.8, 4) is 5.75 Å². The zero-order valence-corrected chi connectivity index (χ0v) is 15.0. The zero-order chi connectivity index (χ0) is 17.2. The fourth-order valence-electron chi connectivity index (χ4n) is 1.95. The van der Waals surface area contributed by atoms with Gasteiger partial charge < -0.3 is 14.2 Å². The Balaban J connectivity index is 2.31. The van der Waals surface area contributed by atoms with Gasteiger partial charge in [0, 0.05) is 0 Å². The number of esters is 1. The van der Waals surface area contributed by atoms with Crippen molar-refractivity contribution >= 4 is 5.97 Å². The smallest absolute Gasteiger partial charge is 0.308 e. The first kappa shape index (κ1) is 19.5. The predicted molar refractivity (Wildman–Crippen MR) is 91.2 cm³/mol. The van der Waals surface area contributed by atoms with Gasteiger partial charge in [0.1, 0.15) is 12.4 Å². The van der Waals surface area contributed by atoms with E-state index in [2.05, 4.69) is 13.8 Å². The van der Waals surface area contributed by atoms with Crippen LogP contribution in [0, 0.1) is 11.8 Å². The number of rotatable bonds is 10. The molecule has 0 bridgehead atoms. The van der Waals surface area contributed by atoms with Gasteiger partial charge in [-0.2, -0.15) is 0 Å². The van der Waals surface area contributed by atoms with E-state index in [4.69, 9.17) is 14.2 Å². The molecule has 0 saturated heterocycles. The summed E-state index contributed by atoms with van der Waals surface area (Å²) in [5.41, 5.74) is 0.942. The molecule has 1 aromatic rings.